The maximum atomic E-state index is 11.9. The molecule has 164 valence electrons. The first-order chi connectivity index (χ1) is 13.9. The second-order valence-electron chi connectivity index (χ2n) is 7.84. The highest BCUT2D eigenvalue weighted by Gasteiger charge is 2.22. The van der Waals surface area contributed by atoms with E-state index in [2.05, 4.69) is 47.3 Å². The van der Waals surface area contributed by atoms with Crippen molar-refractivity contribution in [3.8, 4) is 0 Å². The van der Waals surface area contributed by atoms with Crippen LogP contribution in [-0.4, -0.2) is 71.8 Å². The molecule has 1 atom stereocenters. The molecule has 29 heavy (non-hydrogen) atoms. The Bertz CT molecular complexity index is 656. The van der Waals surface area contributed by atoms with Gasteiger partial charge in [0, 0.05) is 38.0 Å². The lowest BCUT2D eigenvalue weighted by molar-refractivity contribution is -0.139. The van der Waals surface area contributed by atoms with Gasteiger partial charge in [-0.3, -0.25) is 4.90 Å². The van der Waals surface area contributed by atoms with Gasteiger partial charge in [0.25, 0.3) is 0 Å². The average Bonchev–Trinajstić information content (AvgIpc) is 3.16. The number of aromatic nitrogens is 1. The highest BCUT2D eigenvalue weighted by Crippen LogP contribution is 2.20. The van der Waals surface area contributed by atoms with Gasteiger partial charge in [-0.2, -0.15) is 0 Å². The number of allylic oxidation sites excluding steroid dienone is 1. The zero-order valence-corrected chi connectivity index (χ0v) is 19.0. The third kappa shape index (κ3) is 7.95. The standard InChI is InChI=1S/C21H36N4O3S/c1-5-6-7-19(24(4)14-17-15-29-20(22-17)16(2)3)23-18(21(26)27)8-9-25-10-12-28-13-11-25/h7,15-16,18,23H,5-6,8-14H2,1-4H3,(H,26,27)/b19-7+. The first kappa shape index (κ1) is 23.6. The molecule has 0 spiro atoms. The van der Waals surface area contributed by atoms with E-state index in [1.165, 1.54) is 0 Å². The highest BCUT2D eigenvalue weighted by atomic mass is 32.1. The molecule has 0 aromatic carbocycles. The number of carboxylic acid groups (broad SMARTS) is 1. The molecule has 1 aliphatic heterocycles. The molecule has 0 saturated carbocycles. The minimum atomic E-state index is -0.815. The van der Waals surface area contributed by atoms with E-state index in [1.807, 2.05) is 7.05 Å². The van der Waals surface area contributed by atoms with Crippen molar-refractivity contribution in [3.05, 3.63) is 28.0 Å². The zero-order chi connectivity index (χ0) is 21.2. The van der Waals surface area contributed by atoms with Crippen LogP contribution in [0.15, 0.2) is 17.3 Å². The Labute approximate surface area is 178 Å². The van der Waals surface area contributed by atoms with Gasteiger partial charge >= 0.3 is 5.97 Å². The highest BCUT2D eigenvalue weighted by molar-refractivity contribution is 7.09. The minimum Gasteiger partial charge on any atom is -0.480 e. The van der Waals surface area contributed by atoms with Crippen LogP contribution in [0.4, 0.5) is 0 Å². The fourth-order valence-corrected chi connectivity index (χ4v) is 3.99. The molecule has 1 unspecified atom stereocenters. The number of rotatable bonds is 12. The molecule has 1 aromatic rings. The zero-order valence-electron chi connectivity index (χ0n) is 18.2. The molecule has 2 heterocycles. The van der Waals surface area contributed by atoms with Gasteiger partial charge in [-0.05, 0) is 18.9 Å². The van der Waals surface area contributed by atoms with Crippen LogP contribution in [0, 0.1) is 0 Å². The van der Waals surface area contributed by atoms with Crippen LogP contribution in [0.1, 0.15) is 56.7 Å². The summed E-state index contributed by atoms with van der Waals surface area (Å²) in [6.07, 6.45) is 4.57. The molecule has 8 heteroatoms. The Morgan fingerprint density at radius 2 is 2.17 bits per heavy atom. The molecule has 1 fully saturated rings. The summed E-state index contributed by atoms with van der Waals surface area (Å²) in [5.74, 6) is 0.467. The van der Waals surface area contributed by atoms with Crippen LogP contribution in [0.2, 0.25) is 0 Å². The summed E-state index contributed by atoms with van der Waals surface area (Å²) in [6, 6.07) is -0.620. The van der Waals surface area contributed by atoms with Crippen molar-refractivity contribution in [1.82, 2.24) is 20.1 Å². The Kier molecular flexibility index (Phi) is 9.90. The minimum absolute atomic E-state index is 0.420. The average molecular weight is 425 g/mol. The molecular formula is C21H36N4O3S. The molecular weight excluding hydrogens is 388 g/mol. The van der Waals surface area contributed by atoms with E-state index in [4.69, 9.17) is 9.72 Å². The molecule has 1 saturated heterocycles. The fraction of sp³-hybridized carbons (Fsp3) is 0.714. The van der Waals surface area contributed by atoms with Crippen molar-refractivity contribution in [3.63, 3.8) is 0 Å². The lowest BCUT2D eigenvalue weighted by atomic mass is 10.2. The Hall–Kier alpha value is -1.64. The summed E-state index contributed by atoms with van der Waals surface area (Å²) in [5, 5.41) is 16.3. The van der Waals surface area contributed by atoms with Crippen LogP contribution >= 0.6 is 11.3 Å². The van der Waals surface area contributed by atoms with Gasteiger partial charge in [-0.25, -0.2) is 9.78 Å². The van der Waals surface area contributed by atoms with Crippen LogP contribution in [0.25, 0.3) is 0 Å². The van der Waals surface area contributed by atoms with Crippen molar-refractivity contribution in [2.45, 2.75) is 58.5 Å². The van der Waals surface area contributed by atoms with Crippen LogP contribution in [-0.2, 0) is 16.1 Å². The monoisotopic (exact) mass is 424 g/mol. The summed E-state index contributed by atoms with van der Waals surface area (Å²) < 4.78 is 5.37. The van der Waals surface area contributed by atoms with Crippen LogP contribution in [0.3, 0.4) is 0 Å². The Balaban J connectivity index is 2.00. The van der Waals surface area contributed by atoms with E-state index in [-0.39, 0.29) is 0 Å². The van der Waals surface area contributed by atoms with Crippen LogP contribution < -0.4 is 5.32 Å². The van der Waals surface area contributed by atoms with Gasteiger partial charge in [-0.15, -0.1) is 11.3 Å². The lowest BCUT2D eigenvalue weighted by Gasteiger charge is -2.30. The van der Waals surface area contributed by atoms with Crippen LogP contribution in [0.5, 0.6) is 0 Å². The molecule has 1 aromatic heterocycles. The van der Waals surface area contributed by atoms with Crippen molar-refractivity contribution in [2.24, 2.45) is 0 Å². The van der Waals surface area contributed by atoms with E-state index in [0.29, 0.717) is 18.9 Å². The normalized spacial score (nSPS) is 16.8. The summed E-state index contributed by atoms with van der Waals surface area (Å²) in [4.78, 5) is 20.9. The summed E-state index contributed by atoms with van der Waals surface area (Å²) in [7, 11) is 1.99. The third-order valence-corrected chi connectivity index (χ3v) is 6.15. The number of carboxylic acids is 1. The van der Waals surface area contributed by atoms with E-state index in [0.717, 1.165) is 62.2 Å². The molecule has 1 aliphatic rings. The first-order valence-corrected chi connectivity index (χ1v) is 11.4. The van der Waals surface area contributed by atoms with Gasteiger partial charge in [0.2, 0.25) is 0 Å². The number of unbranched alkanes of at least 4 members (excludes halogenated alkanes) is 1. The number of nitrogens with one attached hydrogen (secondary N) is 1. The number of ether oxygens (including phenoxy) is 1. The first-order valence-electron chi connectivity index (χ1n) is 10.6. The fourth-order valence-electron chi connectivity index (χ4n) is 3.17. The third-order valence-electron chi connectivity index (χ3n) is 4.96. The maximum Gasteiger partial charge on any atom is 0.326 e. The van der Waals surface area contributed by atoms with E-state index < -0.39 is 12.0 Å². The largest absolute Gasteiger partial charge is 0.480 e. The predicted octanol–water partition coefficient (Wildman–Crippen LogP) is 3.10. The van der Waals surface area contributed by atoms with Crippen molar-refractivity contribution in [1.29, 1.82) is 0 Å². The quantitative estimate of drug-likeness (QED) is 0.534. The van der Waals surface area contributed by atoms with Crippen molar-refractivity contribution >= 4 is 17.3 Å². The molecule has 0 bridgehead atoms. The van der Waals surface area contributed by atoms with E-state index in [9.17, 15) is 9.90 Å². The van der Waals surface area contributed by atoms with E-state index >= 15 is 0 Å². The Morgan fingerprint density at radius 1 is 1.45 bits per heavy atom. The topological polar surface area (TPSA) is 77.9 Å². The smallest absolute Gasteiger partial charge is 0.326 e. The number of carbonyl (C=O) groups is 1. The lowest BCUT2D eigenvalue weighted by Crippen LogP contribution is -2.44. The molecule has 0 radical (unpaired) electrons. The second-order valence-corrected chi connectivity index (χ2v) is 8.73. The maximum absolute atomic E-state index is 11.9. The second kappa shape index (κ2) is 12.1. The van der Waals surface area contributed by atoms with Gasteiger partial charge in [-0.1, -0.05) is 27.2 Å². The number of hydrogen-bond acceptors (Lipinski definition) is 7. The molecule has 7 nitrogen and oxygen atoms in total. The summed E-state index contributed by atoms with van der Waals surface area (Å²) >= 11 is 1.68. The van der Waals surface area contributed by atoms with Gasteiger partial charge in [0.05, 0.1) is 36.3 Å². The number of hydrogen-bond donors (Lipinski definition) is 2. The van der Waals surface area contributed by atoms with Crippen molar-refractivity contribution < 1.29 is 14.6 Å². The summed E-state index contributed by atoms with van der Waals surface area (Å²) in [6.45, 7) is 11.0. The molecule has 0 aliphatic carbocycles. The summed E-state index contributed by atoms with van der Waals surface area (Å²) in [5.41, 5.74) is 1.02. The SMILES string of the molecule is CCC/C=C(\NC(CCN1CCOCC1)C(=O)O)N(C)Cc1csc(C(C)C)n1. The number of thiazole rings is 1. The molecule has 0 amide bonds. The molecule has 2 N–H and O–H groups in total. The predicted molar refractivity (Wildman–Crippen MR) is 117 cm³/mol. The van der Waals surface area contributed by atoms with E-state index in [1.54, 1.807) is 11.3 Å². The number of aliphatic carboxylic acids is 1. The van der Waals surface area contributed by atoms with Gasteiger partial charge < -0.3 is 20.1 Å². The van der Waals surface area contributed by atoms with Crippen molar-refractivity contribution in [2.75, 3.05) is 39.9 Å². The number of nitrogens with zero attached hydrogens (tertiary/aromatic N) is 3. The number of morpholine rings is 1. The molecule has 2 rings (SSSR count). The van der Waals surface area contributed by atoms with Gasteiger partial charge in [0.1, 0.15) is 6.04 Å². The Morgan fingerprint density at radius 3 is 2.76 bits per heavy atom. The van der Waals surface area contributed by atoms with Gasteiger partial charge in [0.15, 0.2) is 0 Å².